The first-order valence-corrected chi connectivity index (χ1v) is 10.4. The molecule has 1 heterocycles. The third-order valence-electron chi connectivity index (χ3n) is 4.15. The van der Waals surface area contributed by atoms with Gasteiger partial charge in [0.15, 0.2) is 16.4 Å². The third-order valence-corrected chi connectivity index (χ3v) is 5.85. The molecule has 1 aliphatic rings. The number of ether oxygens (including phenoxy) is 1. The van der Waals surface area contributed by atoms with Crippen molar-refractivity contribution in [3.8, 4) is 0 Å². The van der Waals surface area contributed by atoms with Gasteiger partial charge in [-0.3, -0.25) is 4.79 Å². The van der Waals surface area contributed by atoms with Crippen LogP contribution in [0.5, 0.6) is 0 Å². The highest BCUT2D eigenvalue weighted by Crippen LogP contribution is 2.24. The zero-order valence-corrected chi connectivity index (χ0v) is 16.2. The molecule has 0 saturated carbocycles. The monoisotopic (exact) mass is 420 g/mol. The zero-order valence-electron chi connectivity index (χ0n) is 14.6. The Bertz CT molecular complexity index is 1040. The molecule has 0 radical (unpaired) electrons. The van der Waals surface area contributed by atoms with E-state index in [1.165, 1.54) is 23.1 Å². The van der Waals surface area contributed by atoms with Gasteiger partial charge in [-0.1, -0.05) is 35.9 Å². The van der Waals surface area contributed by atoms with E-state index in [1.54, 1.807) is 36.4 Å². The topological polar surface area (TPSA) is 107 Å². The first-order chi connectivity index (χ1) is 13.3. The lowest BCUT2D eigenvalue weighted by Crippen LogP contribution is -2.43. The first-order valence-electron chi connectivity index (χ1n) is 8.27. The Balaban J connectivity index is 1.78. The van der Waals surface area contributed by atoms with Gasteiger partial charge in [0.2, 0.25) is 0 Å². The standard InChI is InChI=1S/C19H17ClN2O5S/c20-16-8-4-7-15(18(16)21)19(24)27-11-17(23)22(13-5-2-1-3-6-13)14-9-10-28(25,26)12-14/h1-10,14H,11-12,21H2. The molecule has 0 saturated heterocycles. The molecule has 1 unspecified atom stereocenters. The van der Waals surface area contributed by atoms with Crippen molar-refractivity contribution >= 4 is 44.7 Å². The largest absolute Gasteiger partial charge is 0.452 e. The first kappa shape index (κ1) is 19.9. The Labute approximate surface area is 167 Å². The summed E-state index contributed by atoms with van der Waals surface area (Å²) < 4.78 is 28.7. The van der Waals surface area contributed by atoms with Gasteiger partial charge in [-0.15, -0.1) is 0 Å². The number of carbonyl (C=O) groups excluding carboxylic acids is 2. The number of benzene rings is 2. The number of halogens is 1. The van der Waals surface area contributed by atoms with E-state index in [9.17, 15) is 18.0 Å². The van der Waals surface area contributed by atoms with Gasteiger partial charge < -0.3 is 15.4 Å². The lowest BCUT2D eigenvalue weighted by Gasteiger charge is -2.27. The molecule has 0 fully saturated rings. The molecule has 2 aromatic rings. The summed E-state index contributed by atoms with van der Waals surface area (Å²) in [5.74, 6) is -1.59. The number of hydrogen-bond donors (Lipinski definition) is 1. The van der Waals surface area contributed by atoms with Gasteiger partial charge in [0, 0.05) is 11.1 Å². The number of nitrogens with two attached hydrogens (primary N) is 1. The minimum Gasteiger partial charge on any atom is -0.452 e. The number of nitrogens with zero attached hydrogens (tertiary/aromatic N) is 1. The fourth-order valence-electron chi connectivity index (χ4n) is 2.82. The maximum absolute atomic E-state index is 12.8. The Morgan fingerprint density at radius 1 is 1.14 bits per heavy atom. The van der Waals surface area contributed by atoms with Crippen molar-refractivity contribution in [2.75, 3.05) is 23.0 Å². The van der Waals surface area contributed by atoms with Crippen molar-refractivity contribution in [2.24, 2.45) is 0 Å². The predicted octanol–water partition coefficient (Wildman–Crippen LogP) is 2.42. The summed E-state index contributed by atoms with van der Waals surface area (Å²) in [7, 11) is -3.38. The van der Waals surface area contributed by atoms with Crippen LogP contribution in [0.15, 0.2) is 60.0 Å². The fourth-order valence-corrected chi connectivity index (χ4v) is 4.26. The molecule has 9 heteroatoms. The quantitative estimate of drug-likeness (QED) is 0.588. The van der Waals surface area contributed by atoms with E-state index < -0.39 is 34.4 Å². The van der Waals surface area contributed by atoms with Crippen molar-refractivity contribution in [1.82, 2.24) is 0 Å². The van der Waals surface area contributed by atoms with Gasteiger partial charge in [-0.25, -0.2) is 13.2 Å². The van der Waals surface area contributed by atoms with Crippen LogP contribution in [0.1, 0.15) is 10.4 Å². The van der Waals surface area contributed by atoms with Crippen LogP contribution in [0, 0.1) is 0 Å². The lowest BCUT2D eigenvalue weighted by molar-refractivity contribution is -0.121. The molecule has 7 nitrogen and oxygen atoms in total. The molecule has 2 aromatic carbocycles. The average Bonchev–Trinajstić information content (AvgIpc) is 3.02. The second-order valence-corrected chi connectivity index (χ2v) is 8.44. The maximum Gasteiger partial charge on any atom is 0.340 e. The van der Waals surface area contributed by atoms with Crippen LogP contribution in [-0.2, 0) is 19.4 Å². The van der Waals surface area contributed by atoms with E-state index in [-0.39, 0.29) is 22.0 Å². The molecule has 0 spiro atoms. The Hall–Kier alpha value is -2.84. The minimum atomic E-state index is -3.38. The van der Waals surface area contributed by atoms with Crippen molar-refractivity contribution < 1.29 is 22.7 Å². The molecule has 0 aromatic heterocycles. The van der Waals surface area contributed by atoms with E-state index in [0.717, 1.165) is 5.41 Å². The minimum absolute atomic E-state index is 0.0508. The zero-order chi connectivity index (χ0) is 20.3. The van der Waals surface area contributed by atoms with Crippen molar-refractivity contribution in [2.45, 2.75) is 6.04 Å². The Morgan fingerprint density at radius 2 is 1.86 bits per heavy atom. The number of rotatable bonds is 5. The molecule has 0 bridgehead atoms. The number of amides is 1. The summed E-state index contributed by atoms with van der Waals surface area (Å²) in [5, 5.41) is 1.28. The Morgan fingerprint density at radius 3 is 2.50 bits per heavy atom. The average molecular weight is 421 g/mol. The molecule has 1 amide bonds. The number of anilines is 2. The molecule has 146 valence electrons. The van der Waals surface area contributed by atoms with Crippen molar-refractivity contribution in [3.63, 3.8) is 0 Å². The molecule has 0 aliphatic carbocycles. The van der Waals surface area contributed by atoms with Gasteiger partial charge in [-0.2, -0.15) is 0 Å². The summed E-state index contributed by atoms with van der Waals surface area (Å²) in [4.78, 5) is 26.4. The number of nitrogen functional groups attached to an aromatic ring is 1. The number of esters is 1. The highest BCUT2D eigenvalue weighted by atomic mass is 35.5. The van der Waals surface area contributed by atoms with Crippen molar-refractivity contribution in [1.29, 1.82) is 0 Å². The van der Waals surface area contributed by atoms with Crippen molar-refractivity contribution in [3.05, 3.63) is 70.6 Å². The van der Waals surface area contributed by atoms with E-state index in [1.807, 2.05) is 0 Å². The van der Waals surface area contributed by atoms with Gasteiger partial charge in [0.25, 0.3) is 5.91 Å². The van der Waals surface area contributed by atoms with Crippen LogP contribution in [0.25, 0.3) is 0 Å². The smallest absolute Gasteiger partial charge is 0.340 e. The summed E-state index contributed by atoms with van der Waals surface area (Å²) in [6, 6.07) is 12.4. The van der Waals surface area contributed by atoms with Gasteiger partial charge in [0.1, 0.15) is 0 Å². The molecular weight excluding hydrogens is 404 g/mol. The highest BCUT2D eigenvalue weighted by molar-refractivity contribution is 7.94. The number of hydrogen-bond acceptors (Lipinski definition) is 6. The highest BCUT2D eigenvalue weighted by Gasteiger charge is 2.32. The lowest BCUT2D eigenvalue weighted by atomic mass is 10.2. The van der Waals surface area contributed by atoms with E-state index in [0.29, 0.717) is 5.69 Å². The molecule has 28 heavy (non-hydrogen) atoms. The number of para-hydroxylation sites is 2. The van der Waals surface area contributed by atoms with E-state index in [4.69, 9.17) is 22.1 Å². The summed E-state index contributed by atoms with van der Waals surface area (Å²) in [6.45, 7) is -0.579. The number of sulfone groups is 1. The fraction of sp³-hybridized carbons (Fsp3) is 0.158. The molecule has 3 rings (SSSR count). The maximum atomic E-state index is 12.8. The van der Waals surface area contributed by atoms with Crippen LogP contribution in [-0.4, -0.2) is 38.7 Å². The van der Waals surface area contributed by atoms with E-state index in [2.05, 4.69) is 0 Å². The second kappa shape index (κ2) is 8.04. The Kier molecular flexibility index (Phi) is 5.71. The predicted molar refractivity (Wildman–Crippen MR) is 107 cm³/mol. The van der Waals surface area contributed by atoms with Gasteiger partial charge in [-0.05, 0) is 30.3 Å². The van der Waals surface area contributed by atoms with Gasteiger partial charge >= 0.3 is 5.97 Å². The summed E-state index contributed by atoms with van der Waals surface area (Å²) in [6.07, 6.45) is 1.44. The summed E-state index contributed by atoms with van der Waals surface area (Å²) in [5.41, 5.74) is 6.38. The van der Waals surface area contributed by atoms with Crippen LogP contribution in [0.4, 0.5) is 11.4 Å². The normalized spacial score (nSPS) is 17.2. The molecular formula is C19H17ClN2O5S. The SMILES string of the molecule is Nc1c(Cl)cccc1C(=O)OCC(=O)N(c1ccccc1)C1C=CS(=O)(=O)C1. The van der Waals surface area contributed by atoms with Crippen LogP contribution in [0.2, 0.25) is 5.02 Å². The summed E-state index contributed by atoms with van der Waals surface area (Å²) >= 11 is 5.89. The molecule has 1 aliphatic heterocycles. The van der Waals surface area contributed by atoms with E-state index >= 15 is 0 Å². The second-order valence-electron chi connectivity index (χ2n) is 6.10. The number of carbonyl (C=O) groups is 2. The van der Waals surface area contributed by atoms with Crippen LogP contribution < -0.4 is 10.6 Å². The van der Waals surface area contributed by atoms with Crippen LogP contribution in [0.3, 0.4) is 0 Å². The van der Waals surface area contributed by atoms with Gasteiger partial charge in [0.05, 0.1) is 28.1 Å². The molecule has 1 atom stereocenters. The molecule has 2 N–H and O–H groups in total. The third kappa shape index (κ3) is 4.35. The van der Waals surface area contributed by atoms with Crippen LogP contribution >= 0.6 is 11.6 Å².